The first-order chi connectivity index (χ1) is 4.93. The fraction of sp³-hybridized carbons (Fsp3) is 0.556. The normalized spacial score (nSPS) is 19.9. The van der Waals surface area contributed by atoms with Crippen molar-refractivity contribution in [2.45, 2.75) is 20.8 Å². The fourth-order valence-corrected chi connectivity index (χ4v) is 1.35. The van der Waals surface area contributed by atoms with Crippen molar-refractivity contribution in [3.8, 4) is 0 Å². The summed E-state index contributed by atoms with van der Waals surface area (Å²) in [5.41, 5.74) is -0.238. The van der Waals surface area contributed by atoms with Gasteiger partial charge in [0.25, 0.3) is 0 Å². The van der Waals surface area contributed by atoms with Crippen LogP contribution in [0.2, 0.25) is 0 Å². The van der Waals surface area contributed by atoms with E-state index in [0.717, 1.165) is 0 Å². The quantitative estimate of drug-likeness (QED) is 0.491. The average molecular weight is 152 g/mol. The number of hydrogen-bond acceptors (Lipinski definition) is 2. The van der Waals surface area contributed by atoms with Gasteiger partial charge < -0.3 is 0 Å². The Bertz CT molecular complexity index is 212. The van der Waals surface area contributed by atoms with Gasteiger partial charge in [-0.25, -0.2) is 0 Å². The van der Waals surface area contributed by atoms with Crippen LogP contribution in [0, 0.1) is 11.3 Å². The van der Waals surface area contributed by atoms with Crippen molar-refractivity contribution in [2.75, 3.05) is 0 Å². The molecule has 0 saturated carbocycles. The Hall–Kier alpha value is -0.920. The number of ketones is 2. The molecular formula is C9H12O2. The van der Waals surface area contributed by atoms with Crippen LogP contribution in [-0.4, -0.2) is 11.6 Å². The minimum absolute atomic E-state index is 0.0532. The molecule has 2 heteroatoms. The summed E-state index contributed by atoms with van der Waals surface area (Å²) in [5.74, 6) is -0.549. The summed E-state index contributed by atoms with van der Waals surface area (Å²) in [7, 11) is 0. The van der Waals surface area contributed by atoms with E-state index in [1.807, 2.05) is 20.8 Å². The highest BCUT2D eigenvalue weighted by molar-refractivity contribution is 6.19. The van der Waals surface area contributed by atoms with Gasteiger partial charge in [0.15, 0.2) is 11.6 Å². The van der Waals surface area contributed by atoms with Gasteiger partial charge in [0, 0.05) is 0 Å². The topological polar surface area (TPSA) is 34.1 Å². The average Bonchev–Trinajstić information content (AvgIpc) is 2.08. The second kappa shape index (κ2) is 2.29. The molecule has 0 aromatic carbocycles. The maximum atomic E-state index is 11.1. The highest BCUT2D eigenvalue weighted by Gasteiger charge is 2.37. The molecule has 1 aliphatic rings. The van der Waals surface area contributed by atoms with Gasteiger partial charge in [-0.1, -0.05) is 20.8 Å². The SMILES string of the molecule is CC(C)(C)C1C(=O)C=CC1=O. The molecule has 0 radical (unpaired) electrons. The van der Waals surface area contributed by atoms with E-state index in [1.165, 1.54) is 12.2 Å². The third-order valence-electron chi connectivity index (χ3n) is 1.85. The smallest absolute Gasteiger partial charge is 0.167 e. The van der Waals surface area contributed by atoms with E-state index >= 15 is 0 Å². The molecule has 0 atom stereocenters. The molecule has 0 N–H and O–H groups in total. The molecule has 2 nitrogen and oxygen atoms in total. The van der Waals surface area contributed by atoms with E-state index in [2.05, 4.69) is 0 Å². The molecule has 0 heterocycles. The largest absolute Gasteiger partial charge is 0.294 e. The van der Waals surface area contributed by atoms with Crippen LogP contribution in [0.5, 0.6) is 0 Å². The molecule has 1 rings (SSSR count). The van der Waals surface area contributed by atoms with Gasteiger partial charge in [0.1, 0.15) is 0 Å². The highest BCUT2D eigenvalue weighted by Crippen LogP contribution is 2.30. The van der Waals surface area contributed by atoms with Gasteiger partial charge in [0.2, 0.25) is 0 Å². The zero-order valence-corrected chi connectivity index (χ0v) is 7.05. The van der Waals surface area contributed by atoms with Crippen LogP contribution < -0.4 is 0 Å². The summed E-state index contributed by atoms with van der Waals surface area (Å²) in [5, 5.41) is 0. The van der Waals surface area contributed by atoms with Crippen molar-refractivity contribution in [1.29, 1.82) is 0 Å². The van der Waals surface area contributed by atoms with E-state index in [4.69, 9.17) is 0 Å². The van der Waals surface area contributed by atoms with Gasteiger partial charge in [-0.05, 0) is 17.6 Å². The van der Waals surface area contributed by atoms with Gasteiger partial charge in [-0.15, -0.1) is 0 Å². The summed E-state index contributed by atoms with van der Waals surface area (Å²) in [4.78, 5) is 22.2. The van der Waals surface area contributed by atoms with Gasteiger partial charge in [0.05, 0.1) is 5.92 Å². The summed E-state index contributed by atoms with van der Waals surface area (Å²) in [6, 6.07) is 0. The van der Waals surface area contributed by atoms with E-state index in [0.29, 0.717) is 0 Å². The maximum Gasteiger partial charge on any atom is 0.167 e. The molecule has 0 aliphatic heterocycles. The molecule has 0 unspecified atom stereocenters. The molecule has 0 spiro atoms. The zero-order valence-electron chi connectivity index (χ0n) is 7.05. The van der Waals surface area contributed by atoms with Crippen LogP contribution in [0.1, 0.15) is 20.8 Å². The van der Waals surface area contributed by atoms with Crippen LogP contribution in [0.4, 0.5) is 0 Å². The Morgan fingerprint density at radius 2 is 1.45 bits per heavy atom. The van der Waals surface area contributed by atoms with Crippen LogP contribution in [0.25, 0.3) is 0 Å². The third-order valence-corrected chi connectivity index (χ3v) is 1.85. The summed E-state index contributed by atoms with van der Waals surface area (Å²) in [6.07, 6.45) is 2.75. The van der Waals surface area contributed by atoms with E-state index in [-0.39, 0.29) is 17.0 Å². The molecule has 0 amide bonds. The molecule has 0 aromatic heterocycles. The first-order valence-electron chi connectivity index (χ1n) is 3.68. The van der Waals surface area contributed by atoms with E-state index in [9.17, 15) is 9.59 Å². The standard InChI is InChI=1S/C9H12O2/c1-9(2,3)8-6(10)4-5-7(8)11/h4-5,8H,1-3H3. The first kappa shape index (κ1) is 8.18. The second-order valence-corrected chi connectivity index (χ2v) is 3.94. The molecular weight excluding hydrogens is 140 g/mol. The van der Waals surface area contributed by atoms with Crippen molar-refractivity contribution < 1.29 is 9.59 Å². The Morgan fingerprint density at radius 3 is 1.64 bits per heavy atom. The first-order valence-corrected chi connectivity index (χ1v) is 3.68. The molecule has 60 valence electrons. The van der Waals surface area contributed by atoms with E-state index in [1.54, 1.807) is 0 Å². The maximum absolute atomic E-state index is 11.1. The van der Waals surface area contributed by atoms with Gasteiger partial charge in [-0.2, -0.15) is 0 Å². The second-order valence-electron chi connectivity index (χ2n) is 3.94. The van der Waals surface area contributed by atoms with Crippen molar-refractivity contribution in [3.63, 3.8) is 0 Å². The summed E-state index contributed by atoms with van der Waals surface area (Å²) in [6.45, 7) is 5.71. The van der Waals surface area contributed by atoms with Crippen LogP contribution in [-0.2, 0) is 9.59 Å². The minimum Gasteiger partial charge on any atom is -0.294 e. The molecule has 0 fully saturated rings. The Balaban J connectivity index is 2.91. The lowest BCUT2D eigenvalue weighted by Gasteiger charge is -2.23. The lowest BCUT2D eigenvalue weighted by molar-refractivity contribution is -0.129. The Kier molecular flexibility index (Phi) is 1.70. The van der Waals surface area contributed by atoms with Gasteiger partial charge >= 0.3 is 0 Å². The number of allylic oxidation sites excluding steroid dienone is 2. The van der Waals surface area contributed by atoms with Gasteiger partial charge in [-0.3, -0.25) is 9.59 Å². The number of rotatable bonds is 0. The van der Waals surface area contributed by atoms with Crippen LogP contribution in [0.15, 0.2) is 12.2 Å². The molecule has 0 aromatic rings. The molecule has 0 saturated heterocycles. The van der Waals surface area contributed by atoms with Crippen molar-refractivity contribution in [2.24, 2.45) is 11.3 Å². The number of carbonyl (C=O) groups is 2. The van der Waals surface area contributed by atoms with Crippen molar-refractivity contribution in [3.05, 3.63) is 12.2 Å². The third kappa shape index (κ3) is 1.39. The van der Waals surface area contributed by atoms with E-state index < -0.39 is 5.92 Å². The lowest BCUT2D eigenvalue weighted by atomic mass is 9.78. The number of hydrogen-bond donors (Lipinski definition) is 0. The Morgan fingerprint density at radius 1 is 1.09 bits per heavy atom. The lowest BCUT2D eigenvalue weighted by Crippen LogP contribution is -2.30. The molecule has 11 heavy (non-hydrogen) atoms. The predicted octanol–water partition coefficient (Wildman–Crippen LogP) is 1.36. The monoisotopic (exact) mass is 152 g/mol. The zero-order chi connectivity index (χ0) is 8.65. The summed E-state index contributed by atoms with van der Waals surface area (Å²) < 4.78 is 0. The highest BCUT2D eigenvalue weighted by atomic mass is 16.2. The fourth-order valence-electron chi connectivity index (χ4n) is 1.35. The molecule has 1 aliphatic carbocycles. The van der Waals surface area contributed by atoms with Crippen molar-refractivity contribution >= 4 is 11.6 Å². The summed E-state index contributed by atoms with van der Waals surface area (Å²) >= 11 is 0. The van der Waals surface area contributed by atoms with Crippen LogP contribution in [0.3, 0.4) is 0 Å². The van der Waals surface area contributed by atoms with Crippen LogP contribution >= 0.6 is 0 Å². The minimum atomic E-state index is -0.442. The molecule has 0 bridgehead atoms. The van der Waals surface area contributed by atoms with Crippen molar-refractivity contribution in [1.82, 2.24) is 0 Å². The number of carbonyl (C=O) groups excluding carboxylic acids is 2. The predicted molar refractivity (Wildman–Crippen MR) is 42.1 cm³/mol. The Labute approximate surface area is 66.3 Å².